The van der Waals surface area contributed by atoms with E-state index in [2.05, 4.69) is 10.3 Å². The molecular weight excluding hydrogens is 383 g/mol. The van der Waals surface area contributed by atoms with Crippen LogP contribution in [0.1, 0.15) is 12.0 Å². The van der Waals surface area contributed by atoms with Crippen molar-refractivity contribution in [2.45, 2.75) is 18.7 Å². The number of ether oxygens (including phenoxy) is 1. The van der Waals surface area contributed by atoms with Crippen LogP contribution < -0.4 is 10.1 Å². The van der Waals surface area contributed by atoms with E-state index in [0.29, 0.717) is 31.1 Å². The van der Waals surface area contributed by atoms with Gasteiger partial charge >= 0.3 is 12.2 Å². The number of alkyl halides is 3. The van der Waals surface area contributed by atoms with Crippen molar-refractivity contribution in [3.05, 3.63) is 66.2 Å². The molecule has 1 aliphatic rings. The Bertz CT molecular complexity index is 1020. The molecule has 1 aliphatic heterocycles. The molecule has 1 N–H and O–H groups in total. The lowest BCUT2D eigenvalue weighted by atomic mass is 10.2. The monoisotopic (exact) mass is 401 g/mol. The number of amides is 2. The first-order valence-electron chi connectivity index (χ1n) is 9.14. The third kappa shape index (κ3) is 4.42. The number of aromatic nitrogens is 1. The number of hydrogen-bond acceptors (Lipinski definition) is 3. The number of carbonyl (C=O) groups excluding carboxylic acids is 1. The van der Waals surface area contributed by atoms with Crippen molar-refractivity contribution >= 4 is 22.6 Å². The van der Waals surface area contributed by atoms with Crippen molar-refractivity contribution < 1.29 is 22.7 Å². The highest BCUT2D eigenvalue weighted by Gasteiger charge is 2.31. The van der Waals surface area contributed by atoms with Crippen molar-refractivity contribution in [2.75, 3.05) is 18.4 Å². The van der Waals surface area contributed by atoms with Crippen LogP contribution in [0, 0.1) is 0 Å². The molecule has 1 atom stereocenters. The minimum absolute atomic E-state index is 0.193. The first kappa shape index (κ1) is 19.0. The summed E-state index contributed by atoms with van der Waals surface area (Å²) in [7, 11) is 0. The Morgan fingerprint density at radius 2 is 1.83 bits per heavy atom. The Morgan fingerprint density at radius 3 is 2.59 bits per heavy atom. The molecule has 150 valence electrons. The van der Waals surface area contributed by atoms with Crippen LogP contribution in [0.5, 0.6) is 5.88 Å². The minimum atomic E-state index is -4.40. The fourth-order valence-electron chi connectivity index (χ4n) is 3.24. The van der Waals surface area contributed by atoms with Crippen molar-refractivity contribution in [1.29, 1.82) is 0 Å². The smallest absolute Gasteiger partial charge is 0.416 e. The van der Waals surface area contributed by atoms with Gasteiger partial charge in [0.25, 0.3) is 0 Å². The number of rotatable bonds is 3. The van der Waals surface area contributed by atoms with Gasteiger partial charge in [0, 0.05) is 30.1 Å². The van der Waals surface area contributed by atoms with Gasteiger partial charge in [0.2, 0.25) is 5.88 Å². The molecule has 1 fully saturated rings. The van der Waals surface area contributed by atoms with Gasteiger partial charge < -0.3 is 15.0 Å². The number of likely N-dealkylation sites (tertiary alicyclic amines) is 1. The molecule has 1 saturated heterocycles. The van der Waals surface area contributed by atoms with Crippen molar-refractivity contribution in [3.8, 4) is 5.88 Å². The third-order valence-electron chi connectivity index (χ3n) is 4.76. The number of halogens is 3. The second kappa shape index (κ2) is 7.62. The highest BCUT2D eigenvalue weighted by Crippen LogP contribution is 2.30. The summed E-state index contributed by atoms with van der Waals surface area (Å²) in [6.45, 7) is 0.867. The van der Waals surface area contributed by atoms with E-state index in [-0.39, 0.29) is 12.1 Å². The van der Waals surface area contributed by atoms with Crippen molar-refractivity contribution in [2.24, 2.45) is 0 Å². The SMILES string of the molecule is O=C(Nc1ccc(C(F)(F)F)cc1)N1CCC(Oc2ccc3ccccc3n2)C1. The second-order valence-corrected chi connectivity index (χ2v) is 6.82. The zero-order valence-electron chi connectivity index (χ0n) is 15.3. The zero-order chi connectivity index (χ0) is 20.4. The maximum Gasteiger partial charge on any atom is 0.416 e. The number of urea groups is 1. The molecule has 4 rings (SSSR count). The Labute approximate surface area is 165 Å². The van der Waals surface area contributed by atoms with Gasteiger partial charge in [0.1, 0.15) is 6.10 Å². The van der Waals surface area contributed by atoms with E-state index in [4.69, 9.17) is 4.74 Å². The van der Waals surface area contributed by atoms with Crippen LogP contribution >= 0.6 is 0 Å². The van der Waals surface area contributed by atoms with Crippen LogP contribution in [0.4, 0.5) is 23.7 Å². The zero-order valence-corrected chi connectivity index (χ0v) is 15.3. The normalized spacial score (nSPS) is 16.8. The molecule has 0 aliphatic carbocycles. The number of pyridine rings is 1. The third-order valence-corrected chi connectivity index (χ3v) is 4.76. The molecule has 5 nitrogen and oxygen atoms in total. The molecule has 1 aromatic heterocycles. The predicted octanol–water partition coefficient (Wildman–Crippen LogP) is 4.94. The number of benzene rings is 2. The maximum atomic E-state index is 12.6. The van der Waals surface area contributed by atoms with E-state index in [1.165, 1.54) is 12.1 Å². The standard InChI is InChI=1S/C21H18F3N3O2/c22-21(23,24)15-6-8-16(9-7-15)25-20(28)27-12-11-17(13-27)29-19-10-5-14-3-1-2-4-18(14)26-19/h1-10,17H,11-13H2,(H,25,28). The summed E-state index contributed by atoms with van der Waals surface area (Å²) in [5, 5.41) is 3.64. The van der Waals surface area contributed by atoms with Crippen LogP contribution in [0.15, 0.2) is 60.7 Å². The lowest BCUT2D eigenvalue weighted by Gasteiger charge is -2.18. The minimum Gasteiger partial charge on any atom is -0.472 e. The molecule has 2 heterocycles. The van der Waals surface area contributed by atoms with E-state index >= 15 is 0 Å². The molecule has 3 aromatic rings. The summed E-state index contributed by atoms with van der Waals surface area (Å²) in [5.41, 5.74) is 0.386. The van der Waals surface area contributed by atoms with E-state index < -0.39 is 11.7 Å². The fraction of sp³-hybridized carbons (Fsp3) is 0.238. The van der Waals surface area contributed by atoms with Gasteiger partial charge in [0.15, 0.2) is 0 Å². The summed E-state index contributed by atoms with van der Waals surface area (Å²) >= 11 is 0. The number of hydrogen-bond donors (Lipinski definition) is 1. The fourth-order valence-corrected chi connectivity index (χ4v) is 3.24. The van der Waals surface area contributed by atoms with Gasteiger partial charge in [-0.25, -0.2) is 9.78 Å². The van der Waals surface area contributed by atoms with Gasteiger partial charge in [-0.15, -0.1) is 0 Å². The van der Waals surface area contributed by atoms with E-state index in [1.54, 1.807) is 11.0 Å². The van der Waals surface area contributed by atoms with Crippen LogP contribution in [-0.4, -0.2) is 35.1 Å². The first-order chi connectivity index (χ1) is 13.9. The molecule has 0 saturated carbocycles. The Morgan fingerprint density at radius 1 is 1.07 bits per heavy atom. The molecule has 29 heavy (non-hydrogen) atoms. The Balaban J connectivity index is 1.34. The average Bonchev–Trinajstić information content (AvgIpc) is 3.16. The lowest BCUT2D eigenvalue weighted by Crippen LogP contribution is -2.34. The summed E-state index contributed by atoms with van der Waals surface area (Å²) in [5.74, 6) is 0.499. The van der Waals surface area contributed by atoms with Crippen LogP contribution in [0.2, 0.25) is 0 Å². The van der Waals surface area contributed by atoms with Crippen LogP contribution in [0.3, 0.4) is 0 Å². The summed E-state index contributed by atoms with van der Waals surface area (Å²) in [4.78, 5) is 18.4. The Hall–Kier alpha value is -3.29. The number of nitrogens with zero attached hydrogens (tertiary/aromatic N) is 2. The van der Waals surface area contributed by atoms with E-state index in [0.717, 1.165) is 23.0 Å². The Kier molecular flexibility index (Phi) is 5.00. The van der Waals surface area contributed by atoms with Crippen LogP contribution in [-0.2, 0) is 6.18 Å². The van der Waals surface area contributed by atoms with E-state index in [9.17, 15) is 18.0 Å². The quantitative estimate of drug-likeness (QED) is 0.677. The van der Waals surface area contributed by atoms with Gasteiger partial charge in [-0.3, -0.25) is 0 Å². The number of anilines is 1. The average molecular weight is 401 g/mol. The van der Waals surface area contributed by atoms with E-state index in [1.807, 2.05) is 30.3 Å². The topological polar surface area (TPSA) is 54.5 Å². The molecule has 0 bridgehead atoms. The summed E-state index contributed by atoms with van der Waals surface area (Å²) < 4.78 is 43.8. The lowest BCUT2D eigenvalue weighted by molar-refractivity contribution is -0.137. The van der Waals surface area contributed by atoms with Crippen molar-refractivity contribution in [1.82, 2.24) is 9.88 Å². The number of para-hydroxylation sites is 1. The summed E-state index contributed by atoms with van der Waals surface area (Å²) in [6.07, 6.45) is -3.95. The summed E-state index contributed by atoms with van der Waals surface area (Å²) in [6, 6.07) is 15.4. The first-order valence-corrected chi connectivity index (χ1v) is 9.14. The van der Waals surface area contributed by atoms with Gasteiger partial charge in [-0.05, 0) is 36.4 Å². The number of carbonyl (C=O) groups is 1. The maximum absolute atomic E-state index is 12.6. The molecule has 1 unspecified atom stereocenters. The van der Waals surface area contributed by atoms with Crippen molar-refractivity contribution in [3.63, 3.8) is 0 Å². The molecule has 0 spiro atoms. The molecule has 2 aromatic carbocycles. The predicted molar refractivity (Wildman–Crippen MR) is 103 cm³/mol. The molecular formula is C21H18F3N3O2. The molecule has 2 amide bonds. The number of fused-ring (bicyclic) bond motifs is 1. The second-order valence-electron chi connectivity index (χ2n) is 6.82. The van der Waals surface area contributed by atoms with Crippen LogP contribution in [0.25, 0.3) is 10.9 Å². The molecule has 8 heteroatoms. The van der Waals surface area contributed by atoms with Gasteiger partial charge in [-0.1, -0.05) is 18.2 Å². The van der Waals surface area contributed by atoms with Gasteiger partial charge in [0.05, 0.1) is 17.6 Å². The highest BCUT2D eigenvalue weighted by molar-refractivity contribution is 5.89. The largest absolute Gasteiger partial charge is 0.472 e. The highest BCUT2D eigenvalue weighted by atomic mass is 19.4. The number of nitrogens with one attached hydrogen (secondary N) is 1. The van der Waals surface area contributed by atoms with Gasteiger partial charge in [-0.2, -0.15) is 13.2 Å². The molecule has 0 radical (unpaired) electrons.